The van der Waals surface area contributed by atoms with Crippen molar-refractivity contribution in [2.24, 2.45) is 5.92 Å². The van der Waals surface area contributed by atoms with E-state index in [9.17, 15) is 4.79 Å². The number of nitrogens with zero attached hydrogens (tertiary/aromatic N) is 2. The van der Waals surface area contributed by atoms with Gasteiger partial charge in [-0.3, -0.25) is 4.79 Å². The molecule has 0 radical (unpaired) electrons. The highest BCUT2D eigenvalue weighted by atomic mass is 16.7. The Kier molecular flexibility index (Phi) is 4.62. The number of fused-ring (bicyclic) bond motifs is 3. The zero-order valence-electron chi connectivity index (χ0n) is 17.3. The molecule has 1 spiro atoms. The van der Waals surface area contributed by atoms with Gasteiger partial charge in [-0.05, 0) is 75.7 Å². The van der Waals surface area contributed by atoms with Gasteiger partial charge in [0.2, 0.25) is 6.79 Å². The summed E-state index contributed by atoms with van der Waals surface area (Å²) in [7, 11) is 0. The summed E-state index contributed by atoms with van der Waals surface area (Å²) in [6.07, 6.45) is 5.19. The SMILES string of the molecule is Cc1nc2c(c(=O)[nH]1)CCC21CCN(CC(C)Cc2ccc3c(c2)OCO3)CC1. The van der Waals surface area contributed by atoms with Gasteiger partial charge in [0.1, 0.15) is 5.82 Å². The van der Waals surface area contributed by atoms with E-state index in [2.05, 4.69) is 28.9 Å². The first-order valence-electron chi connectivity index (χ1n) is 10.7. The van der Waals surface area contributed by atoms with Crippen molar-refractivity contribution in [3.63, 3.8) is 0 Å². The van der Waals surface area contributed by atoms with Crippen molar-refractivity contribution in [3.8, 4) is 11.5 Å². The average molecular weight is 396 g/mol. The van der Waals surface area contributed by atoms with Crippen LogP contribution in [0.5, 0.6) is 11.5 Å². The van der Waals surface area contributed by atoms with Crippen molar-refractivity contribution in [3.05, 3.63) is 51.2 Å². The van der Waals surface area contributed by atoms with Crippen LogP contribution in [0.2, 0.25) is 0 Å². The van der Waals surface area contributed by atoms with Gasteiger partial charge in [0.25, 0.3) is 5.56 Å². The third-order valence-corrected chi connectivity index (χ3v) is 6.89. The Bertz CT molecular complexity index is 976. The number of aromatic amines is 1. The summed E-state index contributed by atoms with van der Waals surface area (Å²) in [5.41, 5.74) is 3.51. The molecule has 1 aromatic carbocycles. The fourth-order valence-electron chi connectivity index (χ4n) is 5.39. The Labute approximate surface area is 171 Å². The van der Waals surface area contributed by atoms with Crippen LogP contribution >= 0.6 is 0 Å². The van der Waals surface area contributed by atoms with Gasteiger partial charge in [0, 0.05) is 17.5 Å². The molecule has 0 amide bonds. The molecular formula is C23H29N3O3. The number of piperidine rings is 1. The van der Waals surface area contributed by atoms with E-state index in [0.29, 0.717) is 12.7 Å². The topological polar surface area (TPSA) is 67.5 Å². The summed E-state index contributed by atoms with van der Waals surface area (Å²) < 4.78 is 10.9. The number of likely N-dealkylation sites (tertiary alicyclic amines) is 1. The van der Waals surface area contributed by atoms with Crippen LogP contribution in [0, 0.1) is 12.8 Å². The minimum Gasteiger partial charge on any atom is -0.454 e. The Morgan fingerprint density at radius 2 is 2.00 bits per heavy atom. The van der Waals surface area contributed by atoms with Gasteiger partial charge in [0.15, 0.2) is 11.5 Å². The molecule has 1 aromatic heterocycles. The predicted octanol–water partition coefficient (Wildman–Crippen LogP) is 2.97. The number of hydrogen-bond donors (Lipinski definition) is 1. The Hall–Kier alpha value is -2.34. The number of nitrogens with one attached hydrogen (secondary N) is 1. The third kappa shape index (κ3) is 3.44. The predicted molar refractivity (Wildman–Crippen MR) is 111 cm³/mol. The molecule has 1 fully saturated rings. The minimum atomic E-state index is 0.0733. The van der Waals surface area contributed by atoms with E-state index in [-0.39, 0.29) is 11.0 Å². The molecule has 5 rings (SSSR count). The molecule has 2 aromatic rings. The second kappa shape index (κ2) is 7.17. The molecule has 3 aliphatic rings. The van der Waals surface area contributed by atoms with Crippen molar-refractivity contribution >= 4 is 0 Å². The summed E-state index contributed by atoms with van der Waals surface area (Å²) in [5, 5.41) is 0. The number of aromatic nitrogens is 2. The lowest BCUT2D eigenvalue weighted by Crippen LogP contribution is -2.43. The molecule has 1 aliphatic carbocycles. The zero-order valence-corrected chi connectivity index (χ0v) is 17.3. The van der Waals surface area contributed by atoms with Crippen molar-refractivity contribution in [1.82, 2.24) is 14.9 Å². The van der Waals surface area contributed by atoms with Crippen molar-refractivity contribution in [2.45, 2.75) is 51.4 Å². The number of ether oxygens (including phenoxy) is 2. The molecule has 6 heteroatoms. The van der Waals surface area contributed by atoms with Crippen molar-refractivity contribution in [1.29, 1.82) is 0 Å². The van der Waals surface area contributed by atoms with Gasteiger partial charge < -0.3 is 19.4 Å². The lowest BCUT2D eigenvalue weighted by Gasteiger charge is -2.40. The van der Waals surface area contributed by atoms with E-state index in [4.69, 9.17) is 14.5 Å². The summed E-state index contributed by atoms with van der Waals surface area (Å²) in [4.78, 5) is 22.5. The first kappa shape index (κ1) is 18.7. The van der Waals surface area contributed by atoms with Gasteiger partial charge in [-0.25, -0.2) is 4.98 Å². The molecule has 29 heavy (non-hydrogen) atoms. The maximum absolute atomic E-state index is 12.3. The molecule has 1 atom stereocenters. The van der Waals surface area contributed by atoms with E-state index < -0.39 is 0 Å². The summed E-state index contributed by atoms with van der Waals surface area (Å²) >= 11 is 0. The second-order valence-corrected chi connectivity index (χ2v) is 9.06. The molecule has 3 heterocycles. The smallest absolute Gasteiger partial charge is 0.254 e. The van der Waals surface area contributed by atoms with Gasteiger partial charge >= 0.3 is 0 Å². The van der Waals surface area contributed by atoms with E-state index in [0.717, 1.165) is 80.3 Å². The van der Waals surface area contributed by atoms with E-state index in [1.165, 1.54) is 5.56 Å². The summed E-state index contributed by atoms with van der Waals surface area (Å²) in [5.74, 6) is 3.04. The Morgan fingerprint density at radius 1 is 1.21 bits per heavy atom. The molecule has 0 saturated carbocycles. The van der Waals surface area contributed by atoms with Gasteiger partial charge in [-0.1, -0.05) is 13.0 Å². The molecule has 1 saturated heterocycles. The van der Waals surface area contributed by atoms with Gasteiger partial charge in [-0.2, -0.15) is 0 Å². The van der Waals surface area contributed by atoms with E-state index in [1.54, 1.807) is 0 Å². The van der Waals surface area contributed by atoms with Crippen LogP contribution in [-0.2, 0) is 18.3 Å². The maximum Gasteiger partial charge on any atom is 0.254 e. The quantitative estimate of drug-likeness (QED) is 0.862. The number of H-pyrrole nitrogens is 1. The number of aryl methyl sites for hydroxylation is 1. The Balaban J connectivity index is 1.20. The standard InChI is InChI=1S/C23H29N3O3/c1-15(11-17-3-4-19-20(12-17)29-14-28-19)13-26-9-7-23(8-10-26)6-5-18-21(23)24-16(2)25-22(18)27/h3-4,12,15H,5-11,13-14H2,1-2H3,(H,24,25,27). The monoisotopic (exact) mass is 395 g/mol. The number of hydrogen-bond acceptors (Lipinski definition) is 5. The van der Waals surface area contributed by atoms with E-state index >= 15 is 0 Å². The first-order chi connectivity index (χ1) is 14.0. The third-order valence-electron chi connectivity index (χ3n) is 6.89. The van der Waals surface area contributed by atoms with Crippen LogP contribution < -0.4 is 15.0 Å². The fraction of sp³-hybridized carbons (Fsp3) is 0.565. The molecular weight excluding hydrogens is 366 g/mol. The van der Waals surface area contributed by atoms with Crippen LogP contribution in [0.1, 0.15) is 48.8 Å². The number of rotatable bonds is 4. The molecule has 0 bridgehead atoms. The highest BCUT2D eigenvalue weighted by Gasteiger charge is 2.43. The van der Waals surface area contributed by atoms with Crippen molar-refractivity contribution in [2.75, 3.05) is 26.4 Å². The van der Waals surface area contributed by atoms with Crippen LogP contribution in [0.25, 0.3) is 0 Å². The van der Waals surface area contributed by atoms with Gasteiger partial charge in [-0.15, -0.1) is 0 Å². The zero-order chi connectivity index (χ0) is 20.0. The van der Waals surface area contributed by atoms with E-state index in [1.807, 2.05) is 13.0 Å². The summed E-state index contributed by atoms with van der Waals surface area (Å²) in [6, 6.07) is 6.28. The lowest BCUT2D eigenvalue weighted by molar-refractivity contribution is 0.140. The number of benzene rings is 1. The lowest BCUT2D eigenvalue weighted by atomic mass is 9.76. The maximum atomic E-state index is 12.3. The Morgan fingerprint density at radius 3 is 2.83 bits per heavy atom. The molecule has 2 aliphatic heterocycles. The van der Waals surface area contributed by atoms with Crippen LogP contribution in [0.15, 0.2) is 23.0 Å². The van der Waals surface area contributed by atoms with Crippen LogP contribution in [0.3, 0.4) is 0 Å². The summed E-state index contributed by atoms with van der Waals surface area (Å²) in [6.45, 7) is 7.80. The molecule has 154 valence electrons. The molecule has 1 unspecified atom stereocenters. The van der Waals surface area contributed by atoms with Gasteiger partial charge in [0.05, 0.1) is 5.69 Å². The second-order valence-electron chi connectivity index (χ2n) is 9.06. The van der Waals surface area contributed by atoms with Crippen molar-refractivity contribution < 1.29 is 9.47 Å². The van der Waals surface area contributed by atoms with Crippen LogP contribution in [-0.4, -0.2) is 41.3 Å². The fourth-order valence-corrected chi connectivity index (χ4v) is 5.39. The normalized spacial score (nSPS) is 20.8. The molecule has 6 nitrogen and oxygen atoms in total. The first-order valence-corrected chi connectivity index (χ1v) is 10.7. The van der Waals surface area contributed by atoms with Crippen LogP contribution in [0.4, 0.5) is 0 Å². The highest BCUT2D eigenvalue weighted by Crippen LogP contribution is 2.44. The largest absolute Gasteiger partial charge is 0.454 e. The highest BCUT2D eigenvalue weighted by molar-refractivity contribution is 5.44. The minimum absolute atomic E-state index is 0.0733. The average Bonchev–Trinajstić information content (AvgIpc) is 3.29. The molecule has 1 N–H and O–H groups in total.